The number of rotatable bonds is 4. The summed E-state index contributed by atoms with van der Waals surface area (Å²) in [4.78, 5) is 21.8. The molecule has 0 saturated carbocycles. The SMILES string of the molecule is CCOC(=O)[C@H](NC(N)=O)C(C)C. The number of carbonyl (C=O) groups excluding carboxylic acids is 2. The van der Waals surface area contributed by atoms with Crippen LogP contribution in [0.3, 0.4) is 0 Å². The molecule has 5 nitrogen and oxygen atoms in total. The molecule has 0 aromatic rings. The Morgan fingerprint density at radius 1 is 1.46 bits per heavy atom. The Kier molecular flexibility index (Phi) is 4.87. The van der Waals surface area contributed by atoms with Crippen LogP contribution in [0.5, 0.6) is 0 Å². The van der Waals surface area contributed by atoms with Gasteiger partial charge in [-0.25, -0.2) is 9.59 Å². The summed E-state index contributed by atoms with van der Waals surface area (Å²) in [6.45, 7) is 5.61. The number of nitrogens with one attached hydrogen (secondary N) is 1. The van der Waals surface area contributed by atoms with Crippen molar-refractivity contribution in [3.63, 3.8) is 0 Å². The van der Waals surface area contributed by atoms with E-state index in [0.717, 1.165) is 0 Å². The summed E-state index contributed by atoms with van der Waals surface area (Å²) in [7, 11) is 0. The molecule has 5 heteroatoms. The van der Waals surface area contributed by atoms with Crippen molar-refractivity contribution in [3.05, 3.63) is 0 Å². The van der Waals surface area contributed by atoms with E-state index in [4.69, 9.17) is 10.5 Å². The van der Waals surface area contributed by atoms with Crippen LogP contribution in [0.4, 0.5) is 4.79 Å². The molecule has 0 unspecified atom stereocenters. The van der Waals surface area contributed by atoms with E-state index in [2.05, 4.69) is 5.32 Å². The molecule has 1 atom stereocenters. The third-order valence-electron chi connectivity index (χ3n) is 1.50. The van der Waals surface area contributed by atoms with Crippen molar-refractivity contribution in [2.45, 2.75) is 26.8 Å². The molecular weight excluding hydrogens is 172 g/mol. The molecule has 0 aliphatic rings. The van der Waals surface area contributed by atoms with Gasteiger partial charge in [-0.05, 0) is 12.8 Å². The predicted octanol–water partition coefficient (Wildman–Crippen LogP) is 0.242. The quantitative estimate of drug-likeness (QED) is 0.620. The van der Waals surface area contributed by atoms with Gasteiger partial charge < -0.3 is 15.8 Å². The fourth-order valence-corrected chi connectivity index (χ4v) is 0.883. The zero-order chi connectivity index (χ0) is 10.4. The van der Waals surface area contributed by atoms with Gasteiger partial charge in [-0.1, -0.05) is 13.8 Å². The van der Waals surface area contributed by atoms with E-state index < -0.39 is 18.0 Å². The second-order valence-electron chi connectivity index (χ2n) is 2.98. The van der Waals surface area contributed by atoms with Gasteiger partial charge in [0.25, 0.3) is 0 Å². The lowest BCUT2D eigenvalue weighted by Crippen LogP contribution is -2.47. The van der Waals surface area contributed by atoms with E-state index in [0.29, 0.717) is 6.61 Å². The maximum absolute atomic E-state index is 11.2. The van der Waals surface area contributed by atoms with Gasteiger partial charge in [-0.3, -0.25) is 0 Å². The molecule has 0 saturated heterocycles. The Balaban J connectivity index is 4.24. The Labute approximate surface area is 77.6 Å². The normalized spacial score (nSPS) is 12.3. The largest absolute Gasteiger partial charge is 0.464 e. The number of hydrogen-bond donors (Lipinski definition) is 2. The molecule has 0 aromatic carbocycles. The molecule has 13 heavy (non-hydrogen) atoms. The van der Waals surface area contributed by atoms with Crippen molar-refractivity contribution < 1.29 is 14.3 Å². The topological polar surface area (TPSA) is 81.4 Å². The van der Waals surface area contributed by atoms with Crippen molar-refractivity contribution in [2.24, 2.45) is 11.7 Å². The third-order valence-corrected chi connectivity index (χ3v) is 1.50. The summed E-state index contributed by atoms with van der Waals surface area (Å²) in [5, 5.41) is 2.33. The molecular formula is C8H16N2O3. The number of urea groups is 1. The molecule has 0 aliphatic carbocycles. The fourth-order valence-electron chi connectivity index (χ4n) is 0.883. The highest BCUT2D eigenvalue weighted by Gasteiger charge is 2.24. The van der Waals surface area contributed by atoms with Crippen LogP contribution >= 0.6 is 0 Å². The van der Waals surface area contributed by atoms with Gasteiger partial charge in [0.2, 0.25) is 0 Å². The van der Waals surface area contributed by atoms with Crippen LogP contribution in [0, 0.1) is 5.92 Å². The van der Waals surface area contributed by atoms with Crippen molar-refractivity contribution >= 4 is 12.0 Å². The van der Waals surface area contributed by atoms with Gasteiger partial charge in [-0.15, -0.1) is 0 Å². The monoisotopic (exact) mass is 188 g/mol. The molecule has 2 amide bonds. The molecule has 0 radical (unpaired) electrons. The lowest BCUT2D eigenvalue weighted by Gasteiger charge is -2.18. The number of amides is 2. The minimum atomic E-state index is -0.716. The van der Waals surface area contributed by atoms with Crippen LogP contribution in [-0.4, -0.2) is 24.6 Å². The predicted molar refractivity (Wildman–Crippen MR) is 48.0 cm³/mol. The average Bonchev–Trinajstić information content (AvgIpc) is 1.99. The van der Waals surface area contributed by atoms with Gasteiger partial charge in [0.15, 0.2) is 0 Å². The van der Waals surface area contributed by atoms with Gasteiger partial charge in [-0.2, -0.15) is 0 Å². The Bertz CT molecular complexity index is 192. The highest BCUT2D eigenvalue weighted by Crippen LogP contribution is 2.03. The first-order valence-corrected chi connectivity index (χ1v) is 4.21. The van der Waals surface area contributed by atoms with Crippen molar-refractivity contribution in [1.29, 1.82) is 0 Å². The van der Waals surface area contributed by atoms with E-state index in [1.807, 2.05) is 0 Å². The molecule has 0 bridgehead atoms. The summed E-state index contributed by atoms with van der Waals surface area (Å²) in [5.74, 6) is -0.483. The number of esters is 1. The maximum atomic E-state index is 11.2. The van der Waals surface area contributed by atoms with Gasteiger partial charge >= 0.3 is 12.0 Å². The summed E-state index contributed by atoms with van der Waals surface area (Å²) >= 11 is 0. The molecule has 0 aliphatic heterocycles. The maximum Gasteiger partial charge on any atom is 0.328 e. The number of primary amides is 1. The molecule has 0 rings (SSSR count). The molecule has 76 valence electrons. The first kappa shape index (κ1) is 11.7. The minimum Gasteiger partial charge on any atom is -0.464 e. The van der Waals surface area contributed by atoms with Crippen molar-refractivity contribution in [1.82, 2.24) is 5.32 Å². The van der Waals surface area contributed by atoms with E-state index >= 15 is 0 Å². The molecule has 0 heterocycles. The van der Waals surface area contributed by atoms with Crippen LogP contribution in [0.15, 0.2) is 0 Å². The van der Waals surface area contributed by atoms with E-state index in [9.17, 15) is 9.59 Å². The summed E-state index contributed by atoms with van der Waals surface area (Å²) in [5.41, 5.74) is 4.91. The summed E-state index contributed by atoms with van der Waals surface area (Å²) < 4.78 is 4.76. The van der Waals surface area contributed by atoms with E-state index in [1.54, 1.807) is 20.8 Å². The number of hydrogen-bond acceptors (Lipinski definition) is 3. The molecule has 0 fully saturated rings. The fraction of sp³-hybridized carbons (Fsp3) is 0.750. The van der Waals surface area contributed by atoms with Gasteiger partial charge in [0.1, 0.15) is 6.04 Å². The van der Waals surface area contributed by atoms with Crippen LogP contribution in [-0.2, 0) is 9.53 Å². The van der Waals surface area contributed by atoms with Crippen LogP contribution in [0.1, 0.15) is 20.8 Å². The van der Waals surface area contributed by atoms with E-state index in [-0.39, 0.29) is 5.92 Å². The number of ether oxygens (including phenoxy) is 1. The van der Waals surface area contributed by atoms with Gasteiger partial charge in [0, 0.05) is 0 Å². The number of carbonyl (C=O) groups is 2. The van der Waals surface area contributed by atoms with E-state index in [1.165, 1.54) is 0 Å². The molecule has 0 spiro atoms. The van der Waals surface area contributed by atoms with Gasteiger partial charge in [0.05, 0.1) is 6.61 Å². The Hall–Kier alpha value is -1.26. The smallest absolute Gasteiger partial charge is 0.328 e. The lowest BCUT2D eigenvalue weighted by molar-refractivity contribution is -0.146. The summed E-state index contributed by atoms with van der Waals surface area (Å²) in [6, 6.07) is -1.37. The first-order chi connectivity index (χ1) is 5.99. The average molecular weight is 188 g/mol. The van der Waals surface area contributed by atoms with Crippen LogP contribution < -0.4 is 11.1 Å². The molecule has 3 N–H and O–H groups in total. The number of nitrogens with two attached hydrogens (primary N) is 1. The zero-order valence-electron chi connectivity index (χ0n) is 8.16. The minimum absolute atomic E-state index is 0.0356. The van der Waals surface area contributed by atoms with Crippen LogP contribution in [0.25, 0.3) is 0 Å². The first-order valence-electron chi connectivity index (χ1n) is 4.21. The second-order valence-corrected chi connectivity index (χ2v) is 2.98. The standard InChI is InChI=1S/C8H16N2O3/c1-4-13-7(11)6(5(2)3)10-8(9)12/h5-6H,4H2,1-3H3,(H3,9,10,12)/t6-/m1/s1. The lowest BCUT2D eigenvalue weighted by atomic mass is 10.1. The Morgan fingerprint density at radius 3 is 2.31 bits per heavy atom. The highest BCUT2D eigenvalue weighted by molar-refractivity contribution is 5.82. The zero-order valence-corrected chi connectivity index (χ0v) is 8.16. The molecule has 0 aromatic heterocycles. The third kappa shape index (κ3) is 4.35. The summed E-state index contributed by atoms with van der Waals surface area (Å²) in [6.07, 6.45) is 0. The van der Waals surface area contributed by atoms with Crippen LogP contribution in [0.2, 0.25) is 0 Å². The van der Waals surface area contributed by atoms with Crippen molar-refractivity contribution in [3.8, 4) is 0 Å². The highest BCUT2D eigenvalue weighted by atomic mass is 16.5. The van der Waals surface area contributed by atoms with Crippen molar-refractivity contribution in [2.75, 3.05) is 6.61 Å². The Morgan fingerprint density at radius 2 is 2.00 bits per heavy atom. The second kappa shape index (κ2) is 5.40.